The molecule has 2 rings (SSSR count). The number of allylic oxidation sites excluding steroid dienone is 1. The van der Waals surface area contributed by atoms with Crippen molar-refractivity contribution in [1.82, 2.24) is 14.9 Å². The lowest BCUT2D eigenvalue weighted by molar-refractivity contribution is -0.147. The van der Waals surface area contributed by atoms with E-state index < -0.39 is 41.0 Å². The van der Waals surface area contributed by atoms with E-state index in [0.29, 0.717) is 19.6 Å². The monoisotopic (exact) mass is 479 g/mol. The first-order valence-corrected chi connectivity index (χ1v) is 12.7. The van der Waals surface area contributed by atoms with Crippen LogP contribution in [-0.2, 0) is 24.3 Å². The third-order valence-electron chi connectivity index (χ3n) is 5.37. The van der Waals surface area contributed by atoms with Gasteiger partial charge < -0.3 is 15.4 Å². The maximum Gasteiger partial charge on any atom is 0.325 e. The van der Waals surface area contributed by atoms with E-state index in [4.69, 9.17) is 4.74 Å². The molecule has 33 heavy (non-hydrogen) atoms. The van der Waals surface area contributed by atoms with Crippen molar-refractivity contribution in [3.63, 3.8) is 0 Å². The SMILES string of the molecule is CCN(CC)S(=O)(=O)c1ccc(C(=O)NCC(=O)OCC(=O)NCCC2=CCCCC2)cc1. The van der Waals surface area contributed by atoms with Gasteiger partial charge in [-0.1, -0.05) is 25.5 Å². The quantitative estimate of drug-likeness (QED) is 0.349. The Hall–Kier alpha value is -2.72. The van der Waals surface area contributed by atoms with Gasteiger partial charge in [-0.3, -0.25) is 14.4 Å². The maximum atomic E-state index is 12.5. The van der Waals surface area contributed by atoms with Crippen molar-refractivity contribution in [1.29, 1.82) is 0 Å². The van der Waals surface area contributed by atoms with Crippen LogP contribution < -0.4 is 10.6 Å². The van der Waals surface area contributed by atoms with Gasteiger partial charge in [0.1, 0.15) is 6.54 Å². The molecule has 0 saturated heterocycles. The maximum absolute atomic E-state index is 12.5. The first-order valence-electron chi connectivity index (χ1n) is 11.3. The van der Waals surface area contributed by atoms with Crippen LogP contribution >= 0.6 is 0 Å². The summed E-state index contributed by atoms with van der Waals surface area (Å²) in [6, 6.07) is 5.47. The standard InChI is InChI=1S/C23H33N3O6S/c1-3-26(4-2)33(30,31)20-12-10-19(11-13-20)23(29)25-16-22(28)32-17-21(27)24-15-14-18-8-6-5-7-9-18/h8,10-13H,3-7,9,14-17H2,1-2H3,(H,24,27)(H,25,29). The van der Waals surface area contributed by atoms with Crippen LogP contribution in [0.15, 0.2) is 40.8 Å². The van der Waals surface area contributed by atoms with E-state index in [-0.39, 0.29) is 10.5 Å². The fourth-order valence-corrected chi connectivity index (χ4v) is 4.95. The van der Waals surface area contributed by atoms with Crippen LogP contribution in [0.2, 0.25) is 0 Å². The van der Waals surface area contributed by atoms with Crippen molar-refractivity contribution >= 4 is 27.8 Å². The molecule has 0 saturated carbocycles. The summed E-state index contributed by atoms with van der Waals surface area (Å²) >= 11 is 0. The third-order valence-corrected chi connectivity index (χ3v) is 7.43. The number of hydrogen-bond acceptors (Lipinski definition) is 6. The number of amides is 2. The van der Waals surface area contributed by atoms with Crippen molar-refractivity contribution in [2.45, 2.75) is 50.8 Å². The summed E-state index contributed by atoms with van der Waals surface area (Å²) in [6.07, 6.45) is 7.57. The Balaban J connectivity index is 1.72. The minimum absolute atomic E-state index is 0.0907. The number of esters is 1. The van der Waals surface area contributed by atoms with E-state index in [0.717, 1.165) is 19.3 Å². The van der Waals surface area contributed by atoms with E-state index in [2.05, 4.69) is 16.7 Å². The van der Waals surface area contributed by atoms with Gasteiger partial charge in [0.2, 0.25) is 10.0 Å². The summed E-state index contributed by atoms with van der Waals surface area (Å²) in [7, 11) is -3.61. The molecule has 0 atom stereocenters. The smallest absolute Gasteiger partial charge is 0.325 e. The van der Waals surface area contributed by atoms with Gasteiger partial charge in [-0.2, -0.15) is 4.31 Å². The average molecular weight is 480 g/mol. The van der Waals surface area contributed by atoms with Gasteiger partial charge >= 0.3 is 5.97 Å². The number of sulfonamides is 1. The molecule has 1 aromatic rings. The van der Waals surface area contributed by atoms with Crippen LogP contribution in [0.4, 0.5) is 0 Å². The molecule has 1 aromatic carbocycles. The molecule has 1 aliphatic rings. The van der Waals surface area contributed by atoms with Crippen LogP contribution in [0.1, 0.15) is 56.3 Å². The lowest BCUT2D eigenvalue weighted by Crippen LogP contribution is -2.34. The Bertz CT molecular complexity index is 953. The number of benzene rings is 1. The minimum Gasteiger partial charge on any atom is -0.454 e. The first-order chi connectivity index (χ1) is 15.8. The number of carbonyl (C=O) groups is 3. The minimum atomic E-state index is -3.61. The lowest BCUT2D eigenvalue weighted by atomic mass is 9.97. The van der Waals surface area contributed by atoms with Crippen molar-refractivity contribution in [2.75, 3.05) is 32.8 Å². The number of nitrogens with one attached hydrogen (secondary N) is 2. The Labute approximate surface area is 195 Å². The highest BCUT2D eigenvalue weighted by molar-refractivity contribution is 7.89. The van der Waals surface area contributed by atoms with Gasteiger partial charge in [0.25, 0.3) is 11.8 Å². The van der Waals surface area contributed by atoms with Gasteiger partial charge in [-0.05, 0) is 56.4 Å². The Morgan fingerprint density at radius 3 is 2.33 bits per heavy atom. The molecule has 0 heterocycles. The van der Waals surface area contributed by atoms with Gasteiger partial charge in [0, 0.05) is 25.2 Å². The molecule has 9 nitrogen and oxygen atoms in total. The van der Waals surface area contributed by atoms with Gasteiger partial charge in [-0.25, -0.2) is 8.42 Å². The van der Waals surface area contributed by atoms with Gasteiger partial charge in [0.15, 0.2) is 6.61 Å². The number of nitrogens with zero attached hydrogens (tertiary/aromatic N) is 1. The molecule has 0 aromatic heterocycles. The molecule has 1 aliphatic carbocycles. The van der Waals surface area contributed by atoms with Crippen molar-refractivity contribution in [2.24, 2.45) is 0 Å². The summed E-state index contributed by atoms with van der Waals surface area (Å²) in [5, 5.41) is 5.11. The number of ether oxygens (including phenoxy) is 1. The molecular weight excluding hydrogens is 446 g/mol. The highest BCUT2D eigenvalue weighted by Gasteiger charge is 2.21. The highest BCUT2D eigenvalue weighted by atomic mass is 32.2. The summed E-state index contributed by atoms with van der Waals surface area (Å²) in [5.41, 5.74) is 1.55. The predicted octanol–water partition coefficient (Wildman–Crippen LogP) is 2.00. The molecule has 2 amide bonds. The average Bonchev–Trinajstić information content (AvgIpc) is 2.82. The Kier molecular flexibility index (Phi) is 10.5. The summed E-state index contributed by atoms with van der Waals surface area (Å²) in [6.45, 7) is 3.88. The first kappa shape index (κ1) is 26.5. The van der Waals surface area contributed by atoms with E-state index in [1.807, 2.05) is 0 Å². The molecule has 10 heteroatoms. The van der Waals surface area contributed by atoms with Crippen LogP contribution in [0.3, 0.4) is 0 Å². The van der Waals surface area contributed by atoms with Gasteiger partial charge in [-0.15, -0.1) is 0 Å². The predicted molar refractivity (Wildman–Crippen MR) is 124 cm³/mol. The summed E-state index contributed by atoms with van der Waals surface area (Å²) in [5.74, 6) is -1.69. The molecule has 0 spiro atoms. The normalized spacial score (nSPS) is 13.8. The fourth-order valence-electron chi connectivity index (χ4n) is 3.49. The summed E-state index contributed by atoms with van der Waals surface area (Å²) < 4.78 is 31.2. The highest BCUT2D eigenvalue weighted by Crippen LogP contribution is 2.19. The van der Waals surface area contributed by atoms with E-state index >= 15 is 0 Å². The summed E-state index contributed by atoms with van der Waals surface area (Å²) in [4.78, 5) is 35.9. The second-order valence-corrected chi connectivity index (χ2v) is 9.60. The van der Waals surface area contributed by atoms with Crippen molar-refractivity contribution < 1.29 is 27.5 Å². The van der Waals surface area contributed by atoms with Crippen LogP contribution in [-0.4, -0.2) is 63.3 Å². The van der Waals surface area contributed by atoms with Crippen LogP contribution in [0.25, 0.3) is 0 Å². The lowest BCUT2D eigenvalue weighted by Gasteiger charge is -2.18. The van der Waals surface area contributed by atoms with Crippen LogP contribution in [0, 0.1) is 0 Å². The van der Waals surface area contributed by atoms with Gasteiger partial charge in [0.05, 0.1) is 4.90 Å². The molecule has 0 aliphatic heterocycles. The molecule has 0 bridgehead atoms. The Morgan fingerprint density at radius 2 is 1.73 bits per heavy atom. The van der Waals surface area contributed by atoms with Crippen molar-refractivity contribution in [3.05, 3.63) is 41.5 Å². The number of hydrogen-bond donors (Lipinski definition) is 2. The topological polar surface area (TPSA) is 122 Å². The zero-order valence-electron chi connectivity index (χ0n) is 19.3. The molecule has 0 unspecified atom stereocenters. The van der Waals surface area contributed by atoms with E-state index in [1.54, 1.807) is 13.8 Å². The molecule has 182 valence electrons. The molecule has 0 fully saturated rings. The molecular formula is C23H33N3O6S. The van der Waals surface area contributed by atoms with Crippen LogP contribution in [0.5, 0.6) is 0 Å². The number of rotatable bonds is 12. The second-order valence-electron chi connectivity index (χ2n) is 7.67. The number of carbonyl (C=O) groups excluding carboxylic acids is 3. The molecule has 0 radical (unpaired) electrons. The van der Waals surface area contributed by atoms with E-state index in [1.165, 1.54) is 47.0 Å². The second kappa shape index (κ2) is 13.1. The third kappa shape index (κ3) is 8.29. The fraction of sp³-hybridized carbons (Fsp3) is 0.522. The Morgan fingerprint density at radius 1 is 1.03 bits per heavy atom. The van der Waals surface area contributed by atoms with Crippen molar-refractivity contribution in [3.8, 4) is 0 Å². The zero-order chi connectivity index (χ0) is 24.3. The zero-order valence-corrected chi connectivity index (χ0v) is 20.1. The largest absolute Gasteiger partial charge is 0.454 e. The van der Waals surface area contributed by atoms with E-state index in [9.17, 15) is 22.8 Å². The molecule has 2 N–H and O–H groups in total.